The number of carbonyl (C=O) groups excluding carboxylic acids is 2. The third kappa shape index (κ3) is 6.22. The minimum Gasteiger partial charge on any atom is -0.493 e. The molecule has 1 aliphatic rings. The fourth-order valence-corrected chi connectivity index (χ4v) is 2.86. The summed E-state index contributed by atoms with van der Waals surface area (Å²) in [6.07, 6.45) is 2.61. The van der Waals surface area contributed by atoms with E-state index in [0.717, 1.165) is 18.6 Å². The summed E-state index contributed by atoms with van der Waals surface area (Å²) in [6, 6.07) is 9.72. The van der Waals surface area contributed by atoms with Crippen molar-refractivity contribution >= 4 is 11.8 Å². The normalized spacial score (nSPS) is 15.4. The van der Waals surface area contributed by atoms with Gasteiger partial charge in [0.15, 0.2) is 0 Å². The Balaban J connectivity index is 1.64. The molecule has 1 aromatic rings. The molecule has 24 heavy (non-hydrogen) atoms. The molecule has 0 atom stereocenters. The SMILES string of the molecule is CC(C)CC(=O)NC1CCN(C(=O)CCOc2ccccc2)CC1. The second-order valence-electron chi connectivity index (χ2n) is 6.73. The summed E-state index contributed by atoms with van der Waals surface area (Å²) < 4.78 is 5.57. The lowest BCUT2D eigenvalue weighted by atomic mass is 10.0. The molecule has 1 heterocycles. The van der Waals surface area contributed by atoms with Gasteiger partial charge in [-0.1, -0.05) is 32.0 Å². The summed E-state index contributed by atoms with van der Waals surface area (Å²) in [6.45, 7) is 5.89. The molecule has 132 valence electrons. The van der Waals surface area contributed by atoms with Crippen LogP contribution in [0.1, 0.15) is 39.5 Å². The van der Waals surface area contributed by atoms with Gasteiger partial charge in [-0.15, -0.1) is 0 Å². The van der Waals surface area contributed by atoms with Gasteiger partial charge in [0, 0.05) is 25.6 Å². The molecule has 5 nitrogen and oxygen atoms in total. The van der Waals surface area contributed by atoms with Crippen LogP contribution in [-0.2, 0) is 9.59 Å². The summed E-state index contributed by atoms with van der Waals surface area (Å²) in [4.78, 5) is 25.9. The summed E-state index contributed by atoms with van der Waals surface area (Å²) in [7, 11) is 0. The molecule has 1 aliphatic heterocycles. The van der Waals surface area contributed by atoms with E-state index in [4.69, 9.17) is 4.74 Å². The predicted molar refractivity (Wildman–Crippen MR) is 93.8 cm³/mol. The van der Waals surface area contributed by atoms with Crippen LogP contribution in [0.4, 0.5) is 0 Å². The topological polar surface area (TPSA) is 58.6 Å². The maximum Gasteiger partial charge on any atom is 0.225 e. The molecule has 0 radical (unpaired) electrons. The van der Waals surface area contributed by atoms with Crippen LogP contribution < -0.4 is 10.1 Å². The zero-order chi connectivity index (χ0) is 17.4. The van der Waals surface area contributed by atoms with Crippen molar-refractivity contribution in [1.29, 1.82) is 0 Å². The monoisotopic (exact) mass is 332 g/mol. The third-order valence-corrected chi connectivity index (χ3v) is 4.13. The van der Waals surface area contributed by atoms with Gasteiger partial charge in [0.1, 0.15) is 5.75 Å². The highest BCUT2D eigenvalue weighted by Crippen LogP contribution is 2.13. The minimum atomic E-state index is 0.117. The molecule has 1 fully saturated rings. The third-order valence-electron chi connectivity index (χ3n) is 4.13. The second kappa shape index (κ2) is 9.30. The molecule has 0 aliphatic carbocycles. The Morgan fingerprint density at radius 1 is 1.21 bits per heavy atom. The molecule has 0 unspecified atom stereocenters. The van der Waals surface area contributed by atoms with E-state index >= 15 is 0 Å². The van der Waals surface area contributed by atoms with Crippen molar-refractivity contribution in [3.8, 4) is 5.75 Å². The van der Waals surface area contributed by atoms with Gasteiger partial charge in [0.2, 0.25) is 11.8 Å². The predicted octanol–water partition coefficient (Wildman–Crippen LogP) is 2.61. The smallest absolute Gasteiger partial charge is 0.225 e. The van der Waals surface area contributed by atoms with Gasteiger partial charge in [0.25, 0.3) is 0 Å². The van der Waals surface area contributed by atoms with Gasteiger partial charge in [-0.05, 0) is 30.9 Å². The van der Waals surface area contributed by atoms with E-state index in [1.807, 2.05) is 49.1 Å². The lowest BCUT2D eigenvalue weighted by Gasteiger charge is -2.32. The minimum absolute atomic E-state index is 0.117. The zero-order valence-electron chi connectivity index (χ0n) is 14.7. The van der Waals surface area contributed by atoms with E-state index in [1.165, 1.54) is 0 Å². The average molecular weight is 332 g/mol. The number of nitrogens with one attached hydrogen (secondary N) is 1. The van der Waals surface area contributed by atoms with Crippen LogP contribution in [0.25, 0.3) is 0 Å². The molecule has 0 bridgehead atoms. The average Bonchev–Trinajstić information content (AvgIpc) is 2.55. The van der Waals surface area contributed by atoms with Crippen LogP contribution in [0.15, 0.2) is 30.3 Å². The number of para-hydroxylation sites is 1. The lowest BCUT2D eigenvalue weighted by Crippen LogP contribution is -2.46. The molecule has 0 spiro atoms. The first-order chi connectivity index (χ1) is 11.5. The fourth-order valence-electron chi connectivity index (χ4n) is 2.86. The summed E-state index contributed by atoms with van der Waals surface area (Å²) in [5.41, 5.74) is 0. The van der Waals surface area contributed by atoms with Crippen LogP contribution >= 0.6 is 0 Å². The van der Waals surface area contributed by atoms with Crippen molar-refractivity contribution in [2.75, 3.05) is 19.7 Å². The number of benzene rings is 1. The van der Waals surface area contributed by atoms with Crippen molar-refractivity contribution < 1.29 is 14.3 Å². The Bertz CT molecular complexity index is 523. The van der Waals surface area contributed by atoms with Gasteiger partial charge in [-0.25, -0.2) is 0 Å². The Morgan fingerprint density at radius 2 is 1.88 bits per heavy atom. The number of ether oxygens (including phenoxy) is 1. The van der Waals surface area contributed by atoms with Crippen molar-refractivity contribution in [3.63, 3.8) is 0 Å². The Hall–Kier alpha value is -2.04. The number of nitrogens with zero attached hydrogens (tertiary/aromatic N) is 1. The van der Waals surface area contributed by atoms with Gasteiger partial charge in [-0.3, -0.25) is 9.59 Å². The number of likely N-dealkylation sites (tertiary alicyclic amines) is 1. The number of piperidine rings is 1. The maximum absolute atomic E-state index is 12.2. The van der Waals surface area contributed by atoms with E-state index in [0.29, 0.717) is 38.5 Å². The Morgan fingerprint density at radius 3 is 2.50 bits per heavy atom. The number of rotatable bonds is 7. The zero-order valence-corrected chi connectivity index (χ0v) is 14.7. The van der Waals surface area contributed by atoms with Crippen molar-refractivity contribution in [1.82, 2.24) is 10.2 Å². The molecule has 1 aromatic carbocycles. The van der Waals surface area contributed by atoms with Crippen molar-refractivity contribution in [3.05, 3.63) is 30.3 Å². The number of hydrogen-bond acceptors (Lipinski definition) is 3. The lowest BCUT2D eigenvalue weighted by molar-refractivity contribution is -0.132. The highest BCUT2D eigenvalue weighted by Gasteiger charge is 2.23. The largest absolute Gasteiger partial charge is 0.493 e. The van der Waals surface area contributed by atoms with E-state index in [1.54, 1.807) is 0 Å². The molecule has 0 aromatic heterocycles. The molecule has 0 saturated carbocycles. The molecule has 2 amide bonds. The van der Waals surface area contributed by atoms with Gasteiger partial charge < -0.3 is 15.0 Å². The highest BCUT2D eigenvalue weighted by molar-refractivity contribution is 5.77. The van der Waals surface area contributed by atoms with E-state index < -0.39 is 0 Å². The molecule has 5 heteroatoms. The second-order valence-corrected chi connectivity index (χ2v) is 6.73. The van der Waals surface area contributed by atoms with Crippen LogP contribution in [0.2, 0.25) is 0 Å². The summed E-state index contributed by atoms with van der Waals surface area (Å²) in [5, 5.41) is 3.07. The molecular weight excluding hydrogens is 304 g/mol. The van der Waals surface area contributed by atoms with Crippen LogP contribution in [-0.4, -0.2) is 42.5 Å². The highest BCUT2D eigenvalue weighted by atomic mass is 16.5. The first kappa shape index (κ1) is 18.3. The number of amides is 2. The molecule has 1 saturated heterocycles. The van der Waals surface area contributed by atoms with Gasteiger partial charge in [0.05, 0.1) is 13.0 Å². The standard InChI is InChI=1S/C19H28N2O3/c1-15(2)14-18(22)20-16-8-11-21(12-9-16)19(23)10-13-24-17-6-4-3-5-7-17/h3-7,15-16H,8-14H2,1-2H3,(H,20,22). The Labute approximate surface area is 144 Å². The molecule has 1 N–H and O–H groups in total. The molecular formula is C19H28N2O3. The van der Waals surface area contributed by atoms with Crippen molar-refractivity contribution in [2.45, 2.75) is 45.6 Å². The first-order valence-electron chi connectivity index (χ1n) is 8.79. The quantitative estimate of drug-likeness (QED) is 0.835. The van der Waals surface area contributed by atoms with Crippen LogP contribution in [0.5, 0.6) is 5.75 Å². The van der Waals surface area contributed by atoms with Gasteiger partial charge in [-0.2, -0.15) is 0 Å². The Kier molecular flexibility index (Phi) is 7.09. The number of hydrogen-bond donors (Lipinski definition) is 1. The van der Waals surface area contributed by atoms with E-state index in [9.17, 15) is 9.59 Å². The van der Waals surface area contributed by atoms with Crippen LogP contribution in [0, 0.1) is 5.92 Å². The maximum atomic E-state index is 12.2. The first-order valence-corrected chi connectivity index (χ1v) is 8.79. The number of carbonyl (C=O) groups is 2. The van der Waals surface area contributed by atoms with Crippen molar-refractivity contribution in [2.24, 2.45) is 5.92 Å². The fraction of sp³-hybridized carbons (Fsp3) is 0.579. The van der Waals surface area contributed by atoms with Crippen LogP contribution in [0.3, 0.4) is 0 Å². The summed E-state index contributed by atoms with van der Waals surface area (Å²) in [5.74, 6) is 1.40. The molecule has 2 rings (SSSR count). The van der Waals surface area contributed by atoms with E-state index in [-0.39, 0.29) is 17.9 Å². The summed E-state index contributed by atoms with van der Waals surface area (Å²) >= 11 is 0. The van der Waals surface area contributed by atoms with E-state index in [2.05, 4.69) is 5.32 Å². The van der Waals surface area contributed by atoms with Gasteiger partial charge >= 0.3 is 0 Å².